The van der Waals surface area contributed by atoms with Crippen LogP contribution in [0.4, 0.5) is 34.1 Å². The molecule has 0 saturated heterocycles. The van der Waals surface area contributed by atoms with Crippen molar-refractivity contribution < 1.29 is 49.1 Å². The van der Waals surface area contributed by atoms with Crippen LogP contribution in [0.5, 0.6) is 23.0 Å². The summed E-state index contributed by atoms with van der Waals surface area (Å²) in [5.41, 5.74) is -0.514. The normalized spacial score (nSPS) is 10.9. The quantitative estimate of drug-likeness (QED) is 0.105. The monoisotopic (exact) mass is 667 g/mol. The minimum Gasteiger partial charge on any atom is -0.871 e. The SMILES string of the molecule is O=[N+]([O-])c1ccc(N=Nc2c([O-])ccc3ccccc23)c([O-])c1.O=[N+]([O-])c1ccc(N=Nc2c([O-])ccc3ccccc23)c([O-])c1.[Cr+3].[H+]. The van der Waals surface area contributed by atoms with Gasteiger partial charge in [-0.25, -0.2) is 0 Å². The fraction of sp³-hybridized carbons (Fsp3) is 0. The molecule has 0 N–H and O–H groups in total. The van der Waals surface area contributed by atoms with Gasteiger partial charge in [-0.05, 0) is 22.9 Å². The number of azo groups is 2. The van der Waals surface area contributed by atoms with Crippen molar-refractivity contribution in [3.63, 3.8) is 0 Å². The Morgan fingerprint density at radius 2 is 0.851 bits per heavy atom. The van der Waals surface area contributed by atoms with E-state index in [9.17, 15) is 40.7 Å². The smallest absolute Gasteiger partial charge is 0.871 e. The van der Waals surface area contributed by atoms with E-state index in [-0.39, 0.29) is 64.4 Å². The number of nitrogens with zero attached hydrogens (tertiary/aromatic N) is 6. The van der Waals surface area contributed by atoms with E-state index in [1.54, 1.807) is 36.4 Å². The number of non-ortho nitro benzene ring substituents is 2. The van der Waals surface area contributed by atoms with Crippen LogP contribution in [0.1, 0.15) is 1.43 Å². The summed E-state index contributed by atoms with van der Waals surface area (Å²) in [6.45, 7) is 0. The Morgan fingerprint density at radius 3 is 1.21 bits per heavy atom. The third kappa shape index (κ3) is 7.63. The molecule has 0 saturated carbocycles. The van der Waals surface area contributed by atoms with Gasteiger partial charge in [-0.3, -0.25) is 20.2 Å². The van der Waals surface area contributed by atoms with Crippen LogP contribution >= 0.6 is 0 Å². The summed E-state index contributed by atoms with van der Waals surface area (Å²) in [7, 11) is 0. The standard InChI is InChI=1S/2C16H11N3O4.Cr/c2*20-14-8-5-10-3-1-2-4-12(10)16(14)18-17-13-7-6-11(19(22)23)9-15(13)21;/h2*1-9,20-21H;/q;;+3/p-3. The molecule has 231 valence electrons. The molecular formula is C32H19CrN6O8. The van der Waals surface area contributed by atoms with Crippen molar-refractivity contribution in [3.8, 4) is 23.0 Å². The largest absolute Gasteiger partial charge is 3.00 e. The Balaban J connectivity index is 0.000000250. The number of hydrogen-bond acceptors (Lipinski definition) is 12. The third-order valence-corrected chi connectivity index (χ3v) is 6.55. The first-order valence-electron chi connectivity index (χ1n) is 13.2. The molecule has 6 aromatic carbocycles. The number of fused-ring (bicyclic) bond motifs is 2. The second-order valence-electron chi connectivity index (χ2n) is 9.49. The predicted molar refractivity (Wildman–Crippen MR) is 161 cm³/mol. The molecule has 0 aromatic heterocycles. The van der Waals surface area contributed by atoms with Gasteiger partial charge in [0, 0.05) is 35.0 Å². The molecule has 0 aliphatic rings. The number of nitro benzene ring substituents is 2. The zero-order valence-corrected chi connectivity index (χ0v) is 25.0. The molecule has 15 heteroatoms. The van der Waals surface area contributed by atoms with E-state index in [0.29, 0.717) is 10.8 Å². The summed E-state index contributed by atoms with van der Waals surface area (Å²) in [5, 5.41) is 86.9. The van der Waals surface area contributed by atoms with Gasteiger partial charge >= 0.3 is 18.8 Å². The van der Waals surface area contributed by atoms with Crippen molar-refractivity contribution in [2.75, 3.05) is 0 Å². The molecule has 0 fully saturated rings. The second kappa shape index (κ2) is 14.6. The molecule has 0 heterocycles. The van der Waals surface area contributed by atoms with Gasteiger partial charge in [0.25, 0.3) is 11.4 Å². The Morgan fingerprint density at radius 1 is 0.468 bits per heavy atom. The molecule has 0 amide bonds. The van der Waals surface area contributed by atoms with Crippen molar-refractivity contribution in [2.24, 2.45) is 20.5 Å². The van der Waals surface area contributed by atoms with Crippen LogP contribution in [0.15, 0.2) is 130 Å². The molecule has 0 aliphatic heterocycles. The van der Waals surface area contributed by atoms with Gasteiger partial charge in [-0.2, -0.15) is 20.5 Å². The first-order valence-corrected chi connectivity index (χ1v) is 13.2. The van der Waals surface area contributed by atoms with Gasteiger partial charge in [0.1, 0.15) is 0 Å². The van der Waals surface area contributed by atoms with Gasteiger partial charge in [0.15, 0.2) is 0 Å². The Labute approximate surface area is 277 Å². The molecule has 0 bridgehead atoms. The van der Waals surface area contributed by atoms with Crippen molar-refractivity contribution in [3.05, 3.63) is 129 Å². The van der Waals surface area contributed by atoms with Crippen LogP contribution in [-0.4, -0.2) is 9.85 Å². The van der Waals surface area contributed by atoms with Crippen LogP contribution < -0.4 is 20.4 Å². The minimum absolute atomic E-state index is 0. The van der Waals surface area contributed by atoms with Gasteiger partial charge in [-0.1, -0.05) is 95.8 Å². The Kier molecular flexibility index (Phi) is 10.4. The number of rotatable bonds is 6. The molecule has 0 atom stereocenters. The molecule has 0 aliphatic carbocycles. The molecule has 0 unspecified atom stereocenters. The zero-order valence-electron chi connectivity index (χ0n) is 24.7. The molecule has 1 radical (unpaired) electrons. The summed E-state index contributed by atoms with van der Waals surface area (Å²) >= 11 is 0. The van der Waals surface area contributed by atoms with Crippen molar-refractivity contribution in [1.29, 1.82) is 0 Å². The van der Waals surface area contributed by atoms with Gasteiger partial charge < -0.3 is 20.4 Å². The molecule has 6 rings (SSSR count). The number of hydrogen-bond donors (Lipinski definition) is 0. The van der Waals surface area contributed by atoms with Crippen LogP contribution in [0.3, 0.4) is 0 Å². The van der Waals surface area contributed by atoms with E-state index in [1.165, 1.54) is 24.3 Å². The summed E-state index contributed by atoms with van der Waals surface area (Å²) < 4.78 is 0. The maximum Gasteiger partial charge on any atom is 3.00 e. The maximum atomic E-state index is 12.0. The van der Waals surface area contributed by atoms with Crippen LogP contribution in [0.25, 0.3) is 21.5 Å². The summed E-state index contributed by atoms with van der Waals surface area (Å²) in [6, 6.07) is 26.9. The van der Waals surface area contributed by atoms with E-state index < -0.39 is 21.3 Å². The average molecular weight is 668 g/mol. The minimum atomic E-state index is -0.664. The first kappa shape index (κ1) is 33.5. The molecular weight excluding hydrogens is 648 g/mol. The van der Waals surface area contributed by atoms with Crippen LogP contribution in [0.2, 0.25) is 0 Å². The fourth-order valence-corrected chi connectivity index (χ4v) is 4.28. The molecule has 6 aromatic rings. The zero-order chi connectivity index (χ0) is 32.8. The Bertz CT molecular complexity index is 2040. The third-order valence-electron chi connectivity index (χ3n) is 6.55. The molecule has 14 nitrogen and oxygen atoms in total. The fourth-order valence-electron chi connectivity index (χ4n) is 4.28. The van der Waals surface area contributed by atoms with E-state index in [0.717, 1.165) is 35.0 Å². The van der Waals surface area contributed by atoms with Gasteiger partial charge in [0.05, 0.1) is 32.6 Å². The van der Waals surface area contributed by atoms with Crippen LogP contribution in [0, 0.1) is 20.2 Å². The van der Waals surface area contributed by atoms with E-state index in [2.05, 4.69) is 20.5 Å². The first-order chi connectivity index (χ1) is 22.1. The van der Waals surface area contributed by atoms with Crippen LogP contribution in [-0.2, 0) is 17.4 Å². The molecule has 0 spiro atoms. The Hall–Kier alpha value is -6.43. The summed E-state index contributed by atoms with van der Waals surface area (Å²) in [4.78, 5) is 19.9. The number of nitro groups is 2. The van der Waals surface area contributed by atoms with Crippen molar-refractivity contribution >= 4 is 55.7 Å². The van der Waals surface area contributed by atoms with Gasteiger partial charge in [0.2, 0.25) is 0 Å². The summed E-state index contributed by atoms with van der Waals surface area (Å²) in [6.07, 6.45) is 0. The topological polar surface area (TPSA) is 228 Å². The van der Waals surface area contributed by atoms with E-state index >= 15 is 0 Å². The predicted octanol–water partition coefficient (Wildman–Crippen LogP) is 6.73. The van der Waals surface area contributed by atoms with Crippen molar-refractivity contribution in [1.82, 2.24) is 0 Å². The van der Waals surface area contributed by atoms with Crippen molar-refractivity contribution in [2.45, 2.75) is 0 Å². The van der Waals surface area contributed by atoms with Gasteiger partial charge in [-0.15, -0.1) is 0 Å². The summed E-state index contributed by atoms with van der Waals surface area (Å²) in [5.74, 6) is -1.89. The molecule has 47 heavy (non-hydrogen) atoms. The average Bonchev–Trinajstić information content (AvgIpc) is 3.05. The second-order valence-corrected chi connectivity index (χ2v) is 9.49. The number of benzene rings is 6. The maximum absolute atomic E-state index is 12.0. The van der Waals surface area contributed by atoms with E-state index in [4.69, 9.17) is 0 Å². The van der Waals surface area contributed by atoms with E-state index in [1.807, 2.05) is 24.3 Å².